The highest BCUT2D eigenvalue weighted by atomic mass is 127. The second kappa shape index (κ2) is 6.13. The molecule has 0 bridgehead atoms. The first-order valence-corrected chi connectivity index (χ1v) is 7.02. The van der Waals surface area contributed by atoms with Gasteiger partial charge in [0.15, 0.2) is 0 Å². The van der Waals surface area contributed by atoms with Crippen molar-refractivity contribution in [1.82, 2.24) is 0 Å². The van der Waals surface area contributed by atoms with Gasteiger partial charge in [-0.15, -0.1) is 11.6 Å². The molecule has 5 heteroatoms. The molecule has 0 aromatic heterocycles. The van der Waals surface area contributed by atoms with E-state index in [4.69, 9.17) is 11.6 Å². The minimum Gasteiger partial charge on any atom is -0.207 e. The third-order valence-corrected chi connectivity index (χ3v) is 4.07. The number of benzene rings is 2. The molecule has 0 spiro atoms. The SMILES string of the molecule is Fc1ccc(C(Cl)Cc2c(F)cccc2F)c(I)c1. The maximum atomic E-state index is 13.5. The maximum Gasteiger partial charge on any atom is 0.129 e. The lowest BCUT2D eigenvalue weighted by molar-refractivity contribution is 0.552. The lowest BCUT2D eigenvalue weighted by atomic mass is 10.0. The monoisotopic (exact) mass is 396 g/mol. The van der Waals surface area contributed by atoms with Gasteiger partial charge in [-0.3, -0.25) is 0 Å². The van der Waals surface area contributed by atoms with Crippen LogP contribution < -0.4 is 0 Å². The molecule has 1 atom stereocenters. The molecule has 0 radical (unpaired) electrons. The van der Waals surface area contributed by atoms with Crippen molar-refractivity contribution in [2.45, 2.75) is 11.8 Å². The van der Waals surface area contributed by atoms with Crippen molar-refractivity contribution in [3.8, 4) is 0 Å². The maximum absolute atomic E-state index is 13.5. The summed E-state index contributed by atoms with van der Waals surface area (Å²) in [5, 5.41) is -0.612. The third-order valence-electron chi connectivity index (χ3n) is 2.74. The Hall–Kier alpha value is -0.750. The van der Waals surface area contributed by atoms with Gasteiger partial charge in [0.25, 0.3) is 0 Å². The molecule has 1 unspecified atom stereocenters. The van der Waals surface area contributed by atoms with Gasteiger partial charge in [-0.25, -0.2) is 13.2 Å². The minimum atomic E-state index is -0.622. The fourth-order valence-corrected chi connectivity index (χ4v) is 3.15. The Kier molecular flexibility index (Phi) is 4.73. The van der Waals surface area contributed by atoms with E-state index in [-0.39, 0.29) is 17.8 Å². The lowest BCUT2D eigenvalue weighted by Crippen LogP contribution is -2.03. The van der Waals surface area contributed by atoms with E-state index in [1.54, 1.807) is 0 Å². The van der Waals surface area contributed by atoms with Crippen LogP contribution in [0.25, 0.3) is 0 Å². The normalized spacial score (nSPS) is 12.5. The Labute approximate surface area is 127 Å². The van der Waals surface area contributed by atoms with Crippen molar-refractivity contribution in [2.24, 2.45) is 0 Å². The summed E-state index contributed by atoms with van der Waals surface area (Å²) in [5.41, 5.74) is 0.606. The van der Waals surface area contributed by atoms with Crippen molar-refractivity contribution >= 4 is 34.2 Å². The molecule has 0 saturated carbocycles. The van der Waals surface area contributed by atoms with Crippen molar-refractivity contribution in [1.29, 1.82) is 0 Å². The molecule has 2 aromatic carbocycles. The van der Waals surface area contributed by atoms with Crippen molar-refractivity contribution in [2.75, 3.05) is 0 Å². The summed E-state index contributed by atoms with van der Waals surface area (Å²) >= 11 is 8.13. The lowest BCUT2D eigenvalue weighted by Gasteiger charge is -2.13. The van der Waals surface area contributed by atoms with Crippen molar-refractivity contribution in [3.05, 3.63) is 68.5 Å². The van der Waals surface area contributed by atoms with E-state index in [2.05, 4.69) is 0 Å². The zero-order chi connectivity index (χ0) is 14.0. The molecular weight excluding hydrogens is 388 g/mol. The van der Waals surface area contributed by atoms with Gasteiger partial charge in [-0.05, 0) is 58.8 Å². The summed E-state index contributed by atoms with van der Waals surface area (Å²) in [4.78, 5) is 0. The van der Waals surface area contributed by atoms with Gasteiger partial charge < -0.3 is 0 Å². The fourth-order valence-electron chi connectivity index (χ4n) is 1.77. The number of rotatable bonds is 3. The van der Waals surface area contributed by atoms with E-state index in [0.717, 1.165) is 0 Å². The molecule has 0 saturated heterocycles. The molecule has 2 aromatic rings. The summed E-state index contributed by atoms with van der Waals surface area (Å²) in [7, 11) is 0. The molecule has 0 aliphatic heterocycles. The summed E-state index contributed by atoms with van der Waals surface area (Å²) in [6.45, 7) is 0. The van der Waals surface area contributed by atoms with Crippen LogP contribution >= 0.6 is 34.2 Å². The average Bonchev–Trinajstić information content (AvgIpc) is 2.33. The average molecular weight is 397 g/mol. The zero-order valence-electron chi connectivity index (χ0n) is 9.64. The van der Waals surface area contributed by atoms with Crippen LogP contribution in [0.5, 0.6) is 0 Å². The standard InChI is InChI=1S/C14H9ClF3I/c15-11(9-5-4-8(16)6-14(9)19)7-10-12(17)2-1-3-13(10)18/h1-6,11H,7H2. The van der Waals surface area contributed by atoms with Gasteiger partial charge in [-0.1, -0.05) is 12.1 Å². The van der Waals surface area contributed by atoms with Gasteiger partial charge in [-0.2, -0.15) is 0 Å². The first-order chi connectivity index (χ1) is 8.99. The highest BCUT2D eigenvalue weighted by molar-refractivity contribution is 14.1. The largest absolute Gasteiger partial charge is 0.207 e. The van der Waals surface area contributed by atoms with E-state index >= 15 is 0 Å². The zero-order valence-corrected chi connectivity index (χ0v) is 12.6. The Bertz CT molecular complexity index is 581. The summed E-state index contributed by atoms with van der Waals surface area (Å²) in [6, 6.07) is 7.84. The molecule has 0 aliphatic rings. The van der Waals surface area contributed by atoms with E-state index in [1.807, 2.05) is 22.6 Å². The van der Waals surface area contributed by atoms with Crippen LogP contribution in [0, 0.1) is 21.0 Å². The van der Waals surface area contributed by atoms with Crippen LogP contribution in [-0.4, -0.2) is 0 Å². The molecule has 0 heterocycles. The molecule has 0 aliphatic carbocycles. The molecule has 0 amide bonds. The smallest absolute Gasteiger partial charge is 0.129 e. The summed E-state index contributed by atoms with van der Waals surface area (Å²) in [6.07, 6.45) is 0.0156. The number of halogens is 5. The highest BCUT2D eigenvalue weighted by Gasteiger charge is 2.17. The predicted molar refractivity (Wildman–Crippen MR) is 77.8 cm³/mol. The van der Waals surface area contributed by atoms with Gasteiger partial charge >= 0.3 is 0 Å². The van der Waals surface area contributed by atoms with Crippen LogP contribution in [0.1, 0.15) is 16.5 Å². The van der Waals surface area contributed by atoms with Crippen LogP contribution in [0.4, 0.5) is 13.2 Å². The van der Waals surface area contributed by atoms with Crippen LogP contribution in [0.3, 0.4) is 0 Å². The first-order valence-electron chi connectivity index (χ1n) is 5.51. The quantitative estimate of drug-likeness (QED) is 0.492. The molecule has 0 fully saturated rings. The molecular formula is C14H9ClF3I. The van der Waals surface area contributed by atoms with Crippen molar-refractivity contribution in [3.63, 3.8) is 0 Å². The summed E-state index contributed by atoms with van der Waals surface area (Å²) in [5.74, 6) is -1.61. The Balaban J connectivity index is 2.28. The first kappa shape index (κ1) is 14.7. The predicted octanol–water partition coefficient (Wildman–Crippen LogP) is 5.23. The van der Waals surface area contributed by atoms with E-state index in [1.165, 1.54) is 36.4 Å². The molecule has 19 heavy (non-hydrogen) atoms. The number of hydrogen-bond donors (Lipinski definition) is 0. The van der Waals surface area contributed by atoms with Gasteiger partial charge in [0, 0.05) is 9.13 Å². The van der Waals surface area contributed by atoms with Gasteiger partial charge in [0.05, 0.1) is 5.38 Å². The Morgan fingerprint density at radius 3 is 2.26 bits per heavy atom. The van der Waals surface area contributed by atoms with E-state index < -0.39 is 17.0 Å². The number of hydrogen-bond acceptors (Lipinski definition) is 0. The minimum absolute atomic E-state index is 0.0156. The topological polar surface area (TPSA) is 0 Å². The third kappa shape index (κ3) is 3.42. The fraction of sp³-hybridized carbons (Fsp3) is 0.143. The van der Waals surface area contributed by atoms with Crippen LogP contribution in [0.15, 0.2) is 36.4 Å². The highest BCUT2D eigenvalue weighted by Crippen LogP contribution is 2.30. The van der Waals surface area contributed by atoms with Gasteiger partial charge in [0.2, 0.25) is 0 Å². The molecule has 0 N–H and O–H groups in total. The molecule has 0 nitrogen and oxygen atoms in total. The van der Waals surface area contributed by atoms with Crippen molar-refractivity contribution < 1.29 is 13.2 Å². The number of alkyl halides is 1. The van der Waals surface area contributed by atoms with Crippen LogP contribution in [0.2, 0.25) is 0 Å². The van der Waals surface area contributed by atoms with E-state index in [0.29, 0.717) is 9.13 Å². The Morgan fingerprint density at radius 2 is 1.68 bits per heavy atom. The molecule has 100 valence electrons. The second-order valence-corrected chi connectivity index (χ2v) is 5.73. The Morgan fingerprint density at radius 1 is 1.05 bits per heavy atom. The van der Waals surface area contributed by atoms with Crippen LogP contribution in [-0.2, 0) is 6.42 Å². The van der Waals surface area contributed by atoms with E-state index in [9.17, 15) is 13.2 Å². The second-order valence-electron chi connectivity index (χ2n) is 4.04. The molecule has 2 rings (SSSR count). The summed E-state index contributed by atoms with van der Waals surface area (Å²) < 4.78 is 40.7. The van der Waals surface area contributed by atoms with Gasteiger partial charge in [0.1, 0.15) is 17.5 Å².